The zero-order chi connectivity index (χ0) is 19.4. The molecule has 1 N–H and O–H groups in total. The van der Waals surface area contributed by atoms with E-state index >= 15 is 0 Å². The normalized spacial score (nSPS) is 19.3. The summed E-state index contributed by atoms with van der Waals surface area (Å²) in [4.78, 5) is 23.4. The van der Waals surface area contributed by atoms with Gasteiger partial charge in [0.25, 0.3) is 0 Å². The third kappa shape index (κ3) is 4.57. The van der Waals surface area contributed by atoms with Crippen LogP contribution < -0.4 is 0 Å². The predicted molar refractivity (Wildman–Crippen MR) is 104 cm³/mol. The highest BCUT2D eigenvalue weighted by atomic mass is 16.5. The summed E-state index contributed by atoms with van der Waals surface area (Å²) in [5.41, 5.74) is 3.67. The number of aromatic carboxylic acids is 1. The Morgan fingerprint density at radius 2 is 1.85 bits per heavy atom. The maximum atomic E-state index is 12.4. The van der Waals surface area contributed by atoms with E-state index in [1.807, 2.05) is 30.3 Å². The van der Waals surface area contributed by atoms with E-state index < -0.39 is 5.97 Å². The van der Waals surface area contributed by atoms with Gasteiger partial charge in [-0.2, -0.15) is 0 Å². The van der Waals surface area contributed by atoms with Crippen molar-refractivity contribution < 1.29 is 19.4 Å². The fourth-order valence-corrected chi connectivity index (χ4v) is 3.68. The maximum Gasteiger partial charge on any atom is 0.335 e. The van der Waals surface area contributed by atoms with Crippen LogP contribution in [0.5, 0.6) is 0 Å². The molecule has 0 amide bonds. The van der Waals surface area contributed by atoms with Crippen molar-refractivity contribution in [3.8, 4) is 0 Å². The topological polar surface area (TPSA) is 63.6 Å². The predicted octanol–water partition coefficient (Wildman–Crippen LogP) is 4.82. The lowest BCUT2D eigenvalue weighted by atomic mass is 9.94. The summed E-state index contributed by atoms with van der Waals surface area (Å²) in [7, 11) is 0. The second-order valence-corrected chi connectivity index (χ2v) is 7.50. The molecule has 2 aromatic rings. The Kier molecular flexibility index (Phi) is 5.94. The van der Waals surface area contributed by atoms with Crippen LogP contribution in [0, 0.1) is 11.8 Å². The van der Waals surface area contributed by atoms with E-state index in [4.69, 9.17) is 9.84 Å². The fourth-order valence-electron chi connectivity index (χ4n) is 3.68. The molecule has 0 fully saturated rings. The molecule has 3 rings (SSSR count). The number of carboxylic acids is 1. The number of hydrogen-bond donors (Lipinski definition) is 1. The van der Waals surface area contributed by atoms with E-state index in [2.05, 4.69) is 19.9 Å². The van der Waals surface area contributed by atoms with Crippen LogP contribution in [0.25, 0.3) is 0 Å². The summed E-state index contributed by atoms with van der Waals surface area (Å²) in [6.45, 7) is 4.14. The lowest BCUT2D eigenvalue weighted by Crippen LogP contribution is -2.19. The Morgan fingerprint density at radius 3 is 2.52 bits per heavy atom. The molecule has 3 unspecified atom stereocenters. The molecule has 1 aliphatic carbocycles. The monoisotopic (exact) mass is 366 g/mol. The van der Waals surface area contributed by atoms with Gasteiger partial charge in [-0.1, -0.05) is 56.7 Å². The first-order valence-electron chi connectivity index (χ1n) is 9.57. The van der Waals surface area contributed by atoms with Gasteiger partial charge < -0.3 is 9.84 Å². The first kappa shape index (κ1) is 19.2. The lowest BCUT2D eigenvalue weighted by Gasteiger charge is -2.22. The largest absolute Gasteiger partial charge is 0.478 e. The molecule has 0 bridgehead atoms. The average molecular weight is 366 g/mol. The fraction of sp³-hybridized carbons (Fsp3) is 0.391. The summed E-state index contributed by atoms with van der Waals surface area (Å²) in [6.07, 6.45) is 2.76. The van der Waals surface area contributed by atoms with Gasteiger partial charge in [-0.3, -0.25) is 4.79 Å². The molecule has 4 heteroatoms. The number of esters is 1. The smallest absolute Gasteiger partial charge is 0.335 e. The minimum absolute atomic E-state index is 0.141. The van der Waals surface area contributed by atoms with E-state index in [0.717, 1.165) is 30.4 Å². The van der Waals surface area contributed by atoms with Crippen molar-refractivity contribution in [2.45, 2.75) is 45.6 Å². The molecular formula is C23H26O4. The number of fused-ring (bicyclic) bond motifs is 1. The number of carbonyl (C=O) groups is 2. The molecule has 4 nitrogen and oxygen atoms in total. The van der Waals surface area contributed by atoms with Gasteiger partial charge in [0.2, 0.25) is 0 Å². The van der Waals surface area contributed by atoms with Crippen LogP contribution in [-0.2, 0) is 22.4 Å². The molecule has 27 heavy (non-hydrogen) atoms. The standard InChI is InChI=1S/C23H26O4/c1-3-15(2)12-21(24)27-22-19(14-18-6-4-5-7-20(18)22)13-16-8-10-17(11-9-16)23(25)26/h4-11,15,19,22H,3,12-14H2,1-2H3,(H,25,26). The Bertz CT molecular complexity index is 809. The number of rotatable bonds is 7. The van der Waals surface area contributed by atoms with E-state index in [-0.39, 0.29) is 23.6 Å². The number of ether oxygens (including phenoxy) is 1. The molecule has 0 aromatic heterocycles. The van der Waals surface area contributed by atoms with Gasteiger partial charge in [0, 0.05) is 12.3 Å². The van der Waals surface area contributed by atoms with Crippen LogP contribution in [0.3, 0.4) is 0 Å². The molecule has 0 aliphatic heterocycles. The Morgan fingerprint density at radius 1 is 1.15 bits per heavy atom. The second kappa shape index (κ2) is 8.38. The van der Waals surface area contributed by atoms with Gasteiger partial charge in [-0.05, 0) is 47.6 Å². The molecule has 142 valence electrons. The maximum absolute atomic E-state index is 12.4. The van der Waals surface area contributed by atoms with Crippen LogP contribution in [-0.4, -0.2) is 17.0 Å². The van der Waals surface area contributed by atoms with Gasteiger partial charge in [0.05, 0.1) is 5.56 Å². The zero-order valence-electron chi connectivity index (χ0n) is 15.9. The van der Waals surface area contributed by atoms with Crippen molar-refractivity contribution in [3.05, 3.63) is 70.8 Å². The number of benzene rings is 2. The molecule has 0 saturated carbocycles. The Balaban J connectivity index is 1.76. The third-order valence-corrected chi connectivity index (χ3v) is 5.44. The van der Waals surface area contributed by atoms with Crippen LogP contribution in [0.2, 0.25) is 0 Å². The lowest BCUT2D eigenvalue weighted by molar-refractivity contribution is -0.152. The van der Waals surface area contributed by atoms with E-state index in [9.17, 15) is 9.59 Å². The minimum Gasteiger partial charge on any atom is -0.478 e. The third-order valence-electron chi connectivity index (χ3n) is 5.44. The van der Waals surface area contributed by atoms with Crippen LogP contribution in [0.4, 0.5) is 0 Å². The molecule has 1 aliphatic rings. The molecule has 0 radical (unpaired) electrons. The first-order valence-corrected chi connectivity index (χ1v) is 9.57. The first-order chi connectivity index (χ1) is 13.0. The molecule has 0 spiro atoms. The quantitative estimate of drug-likeness (QED) is 0.714. The molecule has 2 aromatic carbocycles. The molecular weight excluding hydrogens is 340 g/mol. The van der Waals surface area contributed by atoms with Crippen LogP contribution >= 0.6 is 0 Å². The minimum atomic E-state index is -0.924. The summed E-state index contributed by atoms with van der Waals surface area (Å²) >= 11 is 0. The second-order valence-electron chi connectivity index (χ2n) is 7.50. The Labute approximate surface area is 160 Å². The molecule has 3 atom stereocenters. The van der Waals surface area contributed by atoms with Crippen molar-refractivity contribution in [1.82, 2.24) is 0 Å². The van der Waals surface area contributed by atoms with Crippen molar-refractivity contribution in [3.63, 3.8) is 0 Å². The highest BCUT2D eigenvalue weighted by Crippen LogP contribution is 2.41. The van der Waals surface area contributed by atoms with Gasteiger partial charge in [0.15, 0.2) is 0 Å². The average Bonchev–Trinajstić information content (AvgIpc) is 2.99. The SMILES string of the molecule is CCC(C)CC(=O)OC1c2ccccc2CC1Cc1ccc(C(=O)O)cc1. The summed E-state index contributed by atoms with van der Waals surface area (Å²) in [5, 5.41) is 9.05. The highest BCUT2D eigenvalue weighted by Gasteiger charge is 2.35. The van der Waals surface area contributed by atoms with E-state index in [1.165, 1.54) is 5.56 Å². The van der Waals surface area contributed by atoms with Crippen molar-refractivity contribution >= 4 is 11.9 Å². The highest BCUT2D eigenvalue weighted by molar-refractivity contribution is 5.87. The van der Waals surface area contributed by atoms with Gasteiger partial charge in [0.1, 0.15) is 6.10 Å². The van der Waals surface area contributed by atoms with Crippen molar-refractivity contribution in [2.75, 3.05) is 0 Å². The molecule has 0 heterocycles. The Hall–Kier alpha value is -2.62. The van der Waals surface area contributed by atoms with Crippen LogP contribution in [0.1, 0.15) is 59.8 Å². The van der Waals surface area contributed by atoms with Gasteiger partial charge in [-0.15, -0.1) is 0 Å². The summed E-state index contributed by atoms with van der Waals surface area (Å²) < 4.78 is 5.92. The van der Waals surface area contributed by atoms with E-state index in [1.54, 1.807) is 12.1 Å². The summed E-state index contributed by atoms with van der Waals surface area (Å²) in [6, 6.07) is 15.1. The number of hydrogen-bond acceptors (Lipinski definition) is 3. The molecule has 0 saturated heterocycles. The van der Waals surface area contributed by atoms with Crippen molar-refractivity contribution in [2.24, 2.45) is 11.8 Å². The van der Waals surface area contributed by atoms with E-state index in [0.29, 0.717) is 12.3 Å². The van der Waals surface area contributed by atoms with Crippen molar-refractivity contribution in [1.29, 1.82) is 0 Å². The number of carboxylic acid groups (broad SMARTS) is 1. The van der Waals surface area contributed by atoms with Crippen LogP contribution in [0.15, 0.2) is 48.5 Å². The number of carbonyl (C=O) groups excluding carboxylic acids is 1. The zero-order valence-corrected chi connectivity index (χ0v) is 15.9. The van der Waals surface area contributed by atoms with Gasteiger partial charge in [-0.25, -0.2) is 4.79 Å². The van der Waals surface area contributed by atoms with Gasteiger partial charge >= 0.3 is 11.9 Å². The summed E-state index contributed by atoms with van der Waals surface area (Å²) in [5.74, 6) is -0.584.